The van der Waals surface area contributed by atoms with Gasteiger partial charge in [0.25, 0.3) is 0 Å². The Bertz CT molecular complexity index is 629. The van der Waals surface area contributed by atoms with Crippen LogP contribution < -0.4 is 22.1 Å². The van der Waals surface area contributed by atoms with Gasteiger partial charge in [0, 0.05) is 24.6 Å². The van der Waals surface area contributed by atoms with Crippen LogP contribution in [0.25, 0.3) is 0 Å². The molecule has 0 fully saturated rings. The summed E-state index contributed by atoms with van der Waals surface area (Å²) in [6.45, 7) is 6.18. The molecule has 0 saturated heterocycles. The second-order valence-electron chi connectivity index (χ2n) is 7.11. The number of hydrogen-bond acceptors (Lipinski definition) is 4. The molecular formula is C20H32N4O3. The van der Waals surface area contributed by atoms with Crippen molar-refractivity contribution in [2.75, 3.05) is 11.9 Å². The van der Waals surface area contributed by atoms with Gasteiger partial charge in [-0.2, -0.15) is 0 Å². The van der Waals surface area contributed by atoms with E-state index >= 15 is 0 Å². The van der Waals surface area contributed by atoms with Crippen molar-refractivity contribution in [1.29, 1.82) is 0 Å². The van der Waals surface area contributed by atoms with Gasteiger partial charge in [-0.05, 0) is 42.9 Å². The number of nitrogens with one attached hydrogen (secondary N) is 2. The summed E-state index contributed by atoms with van der Waals surface area (Å²) in [5, 5.41) is 5.37. The molecule has 0 radical (unpaired) electrons. The Labute approximate surface area is 161 Å². The highest BCUT2D eigenvalue weighted by molar-refractivity contribution is 5.96. The lowest BCUT2D eigenvalue weighted by molar-refractivity contribution is -0.127. The number of urea groups is 1. The summed E-state index contributed by atoms with van der Waals surface area (Å²) < 4.78 is 0. The average Bonchev–Trinajstić information content (AvgIpc) is 2.63. The third-order valence-corrected chi connectivity index (χ3v) is 4.57. The number of carbonyl (C=O) groups is 3. The molecule has 0 aliphatic heterocycles. The number of benzene rings is 1. The predicted octanol–water partition coefficient (Wildman–Crippen LogP) is 2.19. The molecule has 0 aromatic heterocycles. The van der Waals surface area contributed by atoms with Gasteiger partial charge in [0.15, 0.2) is 5.78 Å². The predicted molar refractivity (Wildman–Crippen MR) is 107 cm³/mol. The number of nitrogens with two attached hydrogens (primary N) is 2. The number of anilines is 1. The summed E-state index contributed by atoms with van der Waals surface area (Å²) in [5.74, 6) is -0.848. The van der Waals surface area contributed by atoms with Gasteiger partial charge in [0.05, 0.1) is 6.04 Å². The van der Waals surface area contributed by atoms with Crippen LogP contribution in [0.15, 0.2) is 24.3 Å². The highest BCUT2D eigenvalue weighted by Crippen LogP contribution is 2.18. The van der Waals surface area contributed by atoms with Gasteiger partial charge in [-0.25, -0.2) is 4.79 Å². The first-order chi connectivity index (χ1) is 12.7. The number of primary amides is 1. The summed E-state index contributed by atoms with van der Waals surface area (Å²) in [5.41, 5.74) is 12.9. The fraction of sp³-hybridized carbons (Fsp3) is 0.550. The normalized spacial score (nSPS) is 13.1. The third kappa shape index (κ3) is 8.21. The molecule has 6 N–H and O–H groups in total. The fourth-order valence-corrected chi connectivity index (χ4v) is 2.70. The SMILES string of the molecule is CCc1ccc(NC(=O)[C@H](CCCNC(N)=O)CC(=O)[C@@H](N)C(C)C)cc1. The van der Waals surface area contributed by atoms with E-state index in [1.807, 2.05) is 38.1 Å². The molecule has 0 saturated carbocycles. The van der Waals surface area contributed by atoms with Crippen molar-refractivity contribution < 1.29 is 14.4 Å². The van der Waals surface area contributed by atoms with Crippen LogP contribution in [0.3, 0.4) is 0 Å². The maximum atomic E-state index is 12.7. The molecular weight excluding hydrogens is 344 g/mol. The van der Waals surface area contributed by atoms with Crippen molar-refractivity contribution in [3.63, 3.8) is 0 Å². The second kappa shape index (κ2) is 11.3. The molecule has 0 bridgehead atoms. The van der Waals surface area contributed by atoms with E-state index in [-0.39, 0.29) is 24.0 Å². The molecule has 0 aliphatic rings. The molecule has 0 heterocycles. The van der Waals surface area contributed by atoms with Crippen molar-refractivity contribution in [3.05, 3.63) is 29.8 Å². The Morgan fingerprint density at radius 3 is 2.26 bits per heavy atom. The molecule has 27 heavy (non-hydrogen) atoms. The Morgan fingerprint density at radius 2 is 1.74 bits per heavy atom. The van der Waals surface area contributed by atoms with Gasteiger partial charge in [0.1, 0.15) is 0 Å². The maximum absolute atomic E-state index is 12.7. The minimum absolute atomic E-state index is 0.0133. The molecule has 150 valence electrons. The second-order valence-corrected chi connectivity index (χ2v) is 7.11. The third-order valence-electron chi connectivity index (χ3n) is 4.57. The van der Waals surface area contributed by atoms with E-state index in [2.05, 4.69) is 17.6 Å². The van der Waals surface area contributed by atoms with E-state index in [4.69, 9.17) is 11.5 Å². The molecule has 7 nitrogen and oxygen atoms in total. The Balaban J connectivity index is 2.75. The van der Waals surface area contributed by atoms with Crippen molar-refractivity contribution in [2.24, 2.45) is 23.3 Å². The fourth-order valence-electron chi connectivity index (χ4n) is 2.70. The Kier molecular flexibility index (Phi) is 9.50. The first-order valence-corrected chi connectivity index (χ1v) is 9.46. The summed E-state index contributed by atoms with van der Waals surface area (Å²) >= 11 is 0. The van der Waals surface area contributed by atoms with Gasteiger partial charge < -0.3 is 22.1 Å². The van der Waals surface area contributed by atoms with E-state index < -0.39 is 18.0 Å². The van der Waals surface area contributed by atoms with Gasteiger partial charge in [-0.15, -0.1) is 0 Å². The van der Waals surface area contributed by atoms with Crippen LogP contribution in [0.5, 0.6) is 0 Å². The van der Waals surface area contributed by atoms with E-state index in [0.29, 0.717) is 25.1 Å². The van der Waals surface area contributed by atoms with Crippen LogP contribution in [-0.2, 0) is 16.0 Å². The van der Waals surface area contributed by atoms with Crippen LogP contribution in [0.2, 0.25) is 0 Å². The van der Waals surface area contributed by atoms with Crippen LogP contribution >= 0.6 is 0 Å². The number of ketones is 1. The first-order valence-electron chi connectivity index (χ1n) is 9.46. The number of aryl methyl sites for hydroxylation is 1. The monoisotopic (exact) mass is 376 g/mol. The number of rotatable bonds is 11. The molecule has 7 heteroatoms. The quantitative estimate of drug-likeness (QED) is 0.441. The van der Waals surface area contributed by atoms with Crippen LogP contribution in [0, 0.1) is 11.8 Å². The largest absolute Gasteiger partial charge is 0.352 e. The summed E-state index contributed by atoms with van der Waals surface area (Å²) in [4.78, 5) is 35.9. The van der Waals surface area contributed by atoms with Gasteiger partial charge >= 0.3 is 6.03 Å². The van der Waals surface area contributed by atoms with E-state index in [1.54, 1.807) is 0 Å². The average molecular weight is 377 g/mol. The van der Waals surface area contributed by atoms with Crippen molar-refractivity contribution in [3.8, 4) is 0 Å². The summed E-state index contributed by atoms with van der Waals surface area (Å²) in [6, 6.07) is 6.43. The zero-order valence-corrected chi connectivity index (χ0v) is 16.5. The Morgan fingerprint density at radius 1 is 1.11 bits per heavy atom. The number of amides is 3. The standard InChI is InChI=1S/C20H32N4O3/c1-4-14-7-9-16(10-8-14)24-19(26)15(6-5-11-23-20(22)27)12-17(25)18(21)13(2)3/h7-10,13,15,18H,4-6,11-12,21H2,1-3H3,(H,24,26)(H3,22,23,27)/t15-,18+/m1/s1. The highest BCUT2D eigenvalue weighted by Gasteiger charge is 2.26. The molecule has 0 aliphatic carbocycles. The zero-order valence-electron chi connectivity index (χ0n) is 16.5. The molecule has 1 rings (SSSR count). The zero-order chi connectivity index (χ0) is 20.4. The lowest BCUT2D eigenvalue weighted by Crippen LogP contribution is -2.38. The van der Waals surface area contributed by atoms with E-state index in [1.165, 1.54) is 5.56 Å². The van der Waals surface area contributed by atoms with E-state index in [0.717, 1.165) is 6.42 Å². The maximum Gasteiger partial charge on any atom is 0.312 e. The minimum Gasteiger partial charge on any atom is -0.352 e. The Hall–Kier alpha value is -2.41. The van der Waals surface area contributed by atoms with Crippen molar-refractivity contribution in [1.82, 2.24) is 5.32 Å². The smallest absolute Gasteiger partial charge is 0.312 e. The molecule has 2 atom stereocenters. The molecule has 1 aromatic carbocycles. The molecule has 0 spiro atoms. The number of hydrogen-bond donors (Lipinski definition) is 4. The van der Waals surface area contributed by atoms with Gasteiger partial charge in [-0.3, -0.25) is 9.59 Å². The summed E-state index contributed by atoms with van der Waals surface area (Å²) in [6.07, 6.45) is 2.00. The van der Waals surface area contributed by atoms with Crippen LogP contribution in [-0.4, -0.2) is 30.3 Å². The topological polar surface area (TPSA) is 127 Å². The lowest BCUT2D eigenvalue weighted by Gasteiger charge is -2.20. The van der Waals surface area contributed by atoms with Gasteiger partial charge in [-0.1, -0.05) is 32.9 Å². The van der Waals surface area contributed by atoms with Crippen LogP contribution in [0.1, 0.15) is 45.6 Å². The number of Topliss-reactive ketones (excluding diaryl/α,β-unsaturated/α-hetero) is 1. The molecule has 1 aromatic rings. The lowest BCUT2D eigenvalue weighted by atomic mass is 9.90. The molecule has 3 amide bonds. The summed E-state index contributed by atoms with van der Waals surface area (Å²) in [7, 11) is 0. The van der Waals surface area contributed by atoms with E-state index in [9.17, 15) is 14.4 Å². The highest BCUT2D eigenvalue weighted by atomic mass is 16.2. The van der Waals surface area contributed by atoms with Crippen molar-refractivity contribution in [2.45, 2.75) is 52.5 Å². The minimum atomic E-state index is -0.607. The van der Waals surface area contributed by atoms with Crippen LogP contribution in [0.4, 0.5) is 10.5 Å². The van der Waals surface area contributed by atoms with Crippen molar-refractivity contribution >= 4 is 23.4 Å². The number of carbonyl (C=O) groups excluding carboxylic acids is 3. The van der Waals surface area contributed by atoms with Gasteiger partial charge in [0.2, 0.25) is 5.91 Å². The first kappa shape index (κ1) is 22.6. The molecule has 0 unspecified atom stereocenters.